The molecule has 1 N–H and O–H groups in total. The molecule has 0 aliphatic carbocycles. The van der Waals surface area contributed by atoms with Gasteiger partial charge in [0, 0.05) is 0 Å². The highest BCUT2D eigenvalue weighted by molar-refractivity contribution is 6.04. The zero-order valence-electron chi connectivity index (χ0n) is 12.1. The van der Waals surface area contributed by atoms with Crippen molar-refractivity contribution >= 4 is 11.9 Å². The summed E-state index contributed by atoms with van der Waals surface area (Å²) in [6.07, 6.45) is 0. The summed E-state index contributed by atoms with van der Waals surface area (Å²) in [6, 6.07) is 6.91. The van der Waals surface area contributed by atoms with Crippen LogP contribution in [0, 0.1) is 12.8 Å². The lowest BCUT2D eigenvalue weighted by Gasteiger charge is -2.15. The molecule has 1 aliphatic heterocycles. The van der Waals surface area contributed by atoms with Gasteiger partial charge >= 0.3 is 6.03 Å². The molecular weight excluding hydrogens is 256 g/mol. The van der Waals surface area contributed by atoms with Gasteiger partial charge in [0.05, 0.1) is 6.54 Å². The first-order valence-corrected chi connectivity index (χ1v) is 6.80. The molecule has 1 aromatic rings. The minimum absolute atomic E-state index is 0.0921. The number of benzene rings is 1. The van der Waals surface area contributed by atoms with Gasteiger partial charge in [0.2, 0.25) is 0 Å². The molecule has 0 radical (unpaired) electrons. The van der Waals surface area contributed by atoms with Gasteiger partial charge in [0.15, 0.2) is 0 Å². The number of imide groups is 1. The summed E-state index contributed by atoms with van der Waals surface area (Å²) in [5.41, 5.74) is 1.16. The summed E-state index contributed by atoms with van der Waals surface area (Å²) in [5, 5.41) is 2.69. The van der Waals surface area contributed by atoms with Gasteiger partial charge in [-0.25, -0.2) is 4.79 Å². The van der Waals surface area contributed by atoms with Gasteiger partial charge in [0.1, 0.15) is 18.4 Å². The first kappa shape index (κ1) is 14.4. The number of aryl methyl sites for hydroxylation is 1. The lowest BCUT2D eigenvalue weighted by Crippen LogP contribution is -2.36. The predicted molar refractivity (Wildman–Crippen MR) is 75.5 cm³/mol. The fraction of sp³-hybridized carbons (Fsp3) is 0.467. The monoisotopic (exact) mass is 276 g/mol. The third-order valence-corrected chi connectivity index (χ3v) is 3.33. The molecular formula is C15H20N2O3. The molecule has 1 saturated heterocycles. The molecule has 1 aliphatic rings. The van der Waals surface area contributed by atoms with Crippen molar-refractivity contribution in [2.24, 2.45) is 5.92 Å². The Morgan fingerprint density at radius 3 is 2.45 bits per heavy atom. The molecule has 108 valence electrons. The Bertz CT molecular complexity index is 496. The smallest absolute Gasteiger partial charge is 0.324 e. The van der Waals surface area contributed by atoms with Crippen LogP contribution in [0.15, 0.2) is 24.3 Å². The Morgan fingerprint density at radius 1 is 1.25 bits per heavy atom. The Balaban J connectivity index is 1.86. The normalized spacial score (nSPS) is 18.6. The average Bonchev–Trinajstić information content (AvgIpc) is 2.69. The van der Waals surface area contributed by atoms with Crippen LogP contribution >= 0.6 is 0 Å². The van der Waals surface area contributed by atoms with Crippen molar-refractivity contribution in [1.29, 1.82) is 0 Å². The number of carbonyl (C=O) groups excluding carboxylic acids is 2. The zero-order valence-corrected chi connectivity index (χ0v) is 12.1. The highest BCUT2D eigenvalue weighted by Gasteiger charge is 2.39. The molecule has 0 bridgehead atoms. The standard InChI is InChI=1S/C15H20N2O3/c1-10(2)13-14(18)17(15(19)16-13)8-9-20-12-6-4-11(3)5-7-12/h4-7,10,13H,8-9H2,1-3H3,(H,16,19). The van der Waals surface area contributed by atoms with Crippen LogP contribution in [0.1, 0.15) is 19.4 Å². The largest absolute Gasteiger partial charge is 0.492 e. The van der Waals surface area contributed by atoms with Crippen LogP contribution in [-0.2, 0) is 4.79 Å². The summed E-state index contributed by atoms with van der Waals surface area (Å²) in [5.74, 6) is 0.662. The first-order valence-electron chi connectivity index (χ1n) is 6.80. The number of hydrogen-bond acceptors (Lipinski definition) is 3. The van der Waals surface area contributed by atoms with E-state index in [1.54, 1.807) is 0 Å². The van der Waals surface area contributed by atoms with Crippen LogP contribution in [-0.4, -0.2) is 36.0 Å². The van der Waals surface area contributed by atoms with E-state index in [1.807, 2.05) is 45.0 Å². The van der Waals surface area contributed by atoms with Crippen LogP contribution < -0.4 is 10.1 Å². The second-order valence-corrected chi connectivity index (χ2v) is 5.32. The molecule has 0 aromatic heterocycles. The predicted octanol–water partition coefficient (Wildman–Crippen LogP) is 1.95. The quantitative estimate of drug-likeness (QED) is 0.836. The Kier molecular flexibility index (Phi) is 4.27. The van der Waals surface area contributed by atoms with Crippen molar-refractivity contribution in [3.63, 3.8) is 0 Å². The van der Waals surface area contributed by atoms with E-state index in [2.05, 4.69) is 5.32 Å². The highest BCUT2D eigenvalue weighted by Crippen LogP contribution is 2.14. The average molecular weight is 276 g/mol. The number of nitrogens with zero attached hydrogens (tertiary/aromatic N) is 1. The lowest BCUT2D eigenvalue weighted by atomic mass is 10.1. The topological polar surface area (TPSA) is 58.6 Å². The van der Waals surface area contributed by atoms with Crippen molar-refractivity contribution in [2.75, 3.05) is 13.2 Å². The van der Waals surface area contributed by atoms with E-state index in [0.29, 0.717) is 6.61 Å². The molecule has 1 aromatic carbocycles. The number of hydrogen-bond donors (Lipinski definition) is 1. The molecule has 3 amide bonds. The van der Waals surface area contributed by atoms with Crippen LogP contribution in [0.5, 0.6) is 5.75 Å². The van der Waals surface area contributed by atoms with Crippen molar-refractivity contribution in [1.82, 2.24) is 10.2 Å². The fourth-order valence-electron chi connectivity index (χ4n) is 2.09. The van der Waals surface area contributed by atoms with Gasteiger partial charge in [-0.1, -0.05) is 31.5 Å². The Hall–Kier alpha value is -2.04. The minimum Gasteiger partial charge on any atom is -0.492 e. The molecule has 1 atom stereocenters. The maximum atomic E-state index is 12.0. The number of carbonyl (C=O) groups is 2. The third kappa shape index (κ3) is 3.10. The van der Waals surface area contributed by atoms with Crippen LogP contribution in [0.4, 0.5) is 4.79 Å². The van der Waals surface area contributed by atoms with Crippen LogP contribution in [0.2, 0.25) is 0 Å². The SMILES string of the molecule is Cc1ccc(OCCN2C(=O)NC(C(C)C)C2=O)cc1. The lowest BCUT2D eigenvalue weighted by molar-refractivity contribution is -0.128. The summed E-state index contributed by atoms with van der Waals surface area (Å²) < 4.78 is 5.54. The summed E-state index contributed by atoms with van der Waals surface area (Å²) in [4.78, 5) is 25.0. The number of urea groups is 1. The third-order valence-electron chi connectivity index (χ3n) is 3.33. The molecule has 2 rings (SSSR count). The van der Waals surface area contributed by atoms with Crippen LogP contribution in [0.3, 0.4) is 0 Å². The van der Waals surface area contributed by atoms with Gasteiger partial charge in [-0.2, -0.15) is 0 Å². The number of ether oxygens (including phenoxy) is 1. The molecule has 1 unspecified atom stereocenters. The van der Waals surface area contributed by atoms with Gasteiger partial charge in [-0.05, 0) is 25.0 Å². The summed E-state index contributed by atoms with van der Waals surface area (Å²) in [6.45, 7) is 6.39. The maximum absolute atomic E-state index is 12.0. The van der Waals surface area contributed by atoms with E-state index >= 15 is 0 Å². The van der Waals surface area contributed by atoms with E-state index in [-0.39, 0.29) is 24.4 Å². The second kappa shape index (κ2) is 5.94. The van der Waals surface area contributed by atoms with E-state index < -0.39 is 6.04 Å². The number of rotatable bonds is 5. The fourth-order valence-corrected chi connectivity index (χ4v) is 2.09. The van der Waals surface area contributed by atoms with Gasteiger partial charge < -0.3 is 10.1 Å². The molecule has 1 fully saturated rings. The molecule has 0 saturated carbocycles. The Morgan fingerprint density at radius 2 is 1.90 bits per heavy atom. The van der Waals surface area contributed by atoms with Crippen molar-refractivity contribution in [3.05, 3.63) is 29.8 Å². The number of nitrogens with one attached hydrogen (secondary N) is 1. The summed E-state index contributed by atoms with van der Waals surface area (Å²) >= 11 is 0. The molecule has 5 nitrogen and oxygen atoms in total. The Labute approximate surface area is 118 Å². The minimum atomic E-state index is -0.415. The van der Waals surface area contributed by atoms with Crippen LogP contribution in [0.25, 0.3) is 0 Å². The maximum Gasteiger partial charge on any atom is 0.324 e. The van der Waals surface area contributed by atoms with E-state index in [9.17, 15) is 9.59 Å². The van der Waals surface area contributed by atoms with E-state index in [0.717, 1.165) is 11.3 Å². The zero-order chi connectivity index (χ0) is 14.7. The molecule has 0 spiro atoms. The number of amides is 3. The van der Waals surface area contributed by atoms with E-state index in [1.165, 1.54) is 4.90 Å². The second-order valence-electron chi connectivity index (χ2n) is 5.32. The summed E-state index contributed by atoms with van der Waals surface area (Å²) in [7, 11) is 0. The van der Waals surface area contributed by atoms with Crippen molar-refractivity contribution in [2.45, 2.75) is 26.8 Å². The van der Waals surface area contributed by atoms with E-state index in [4.69, 9.17) is 4.74 Å². The van der Waals surface area contributed by atoms with Crippen molar-refractivity contribution in [3.8, 4) is 5.75 Å². The molecule has 1 heterocycles. The van der Waals surface area contributed by atoms with Gasteiger partial charge in [0.25, 0.3) is 5.91 Å². The first-order chi connectivity index (χ1) is 9.49. The van der Waals surface area contributed by atoms with Crippen molar-refractivity contribution < 1.29 is 14.3 Å². The highest BCUT2D eigenvalue weighted by atomic mass is 16.5. The molecule has 5 heteroatoms. The van der Waals surface area contributed by atoms with Gasteiger partial charge in [-0.15, -0.1) is 0 Å². The molecule has 20 heavy (non-hydrogen) atoms. The van der Waals surface area contributed by atoms with Gasteiger partial charge in [-0.3, -0.25) is 9.69 Å².